The molecular weight excluding hydrogens is 247 g/mol. The van der Waals surface area contributed by atoms with E-state index in [2.05, 4.69) is 10.1 Å². The molecule has 94 valence electrons. The van der Waals surface area contributed by atoms with E-state index in [-0.39, 0.29) is 17.1 Å². The molecule has 0 saturated carbocycles. The van der Waals surface area contributed by atoms with Crippen molar-refractivity contribution in [2.45, 2.75) is 6.18 Å². The van der Waals surface area contributed by atoms with E-state index in [4.69, 9.17) is 11.1 Å². The molecular formula is C10H8F3N5. The number of aromatic nitrogens is 3. The van der Waals surface area contributed by atoms with Gasteiger partial charge in [0.2, 0.25) is 0 Å². The molecule has 5 nitrogen and oxygen atoms in total. The monoisotopic (exact) mass is 255 g/mol. The van der Waals surface area contributed by atoms with Crippen LogP contribution in [-0.2, 0) is 6.18 Å². The molecule has 2 aromatic rings. The molecule has 2 aromatic heterocycles. The van der Waals surface area contributed by atoms with Crippen molar-refractivity contribution in [3.05, 3.63) is 42.0 Å². The zero-order valence-electron chi connectivity index (χ0n) is 8.94. The van der Waals surface area contributed by atoms with Crippen molar-refractivity contribution in [3.63, 3.8) is 0 Å². The first-order valence-electron chi connectivity index (χ1n) is 4.80. The third kappa shape index (κ3) is 2.17. The summed E-state index contributed by atoms with van der Waals surface area (Å²) in [5, 5.41) is 10.9. The Kier molecular flexibility index (Phi) is 2.77. The van der Waals surface area contributed by atoms with Crippen LogP contribution in [0.2, 0.25) is 0 Å². The summed E-state index contributed by atoms with van der Waals surface area (Å²) in [4.78, 5) is 3.78. The Balaban J connectivity index is 2.50. The highest BCUT2D eigenvalue weighted by atomic mass is 19.4. The van der Waals surface area contributed by atoms with E-state index in [0.29, 0.717) is 6.20 Å². The minimum absolute atomic E-state index is 0.223. The van der Waals surface area contributed by atoms with Crippen LogP contribution in [0.5, 0.6) is 0 Å². The van der Waals surface area contributed by atoms with Gasteiger partial charge >= 0.3 is 6.18 Å². The second kappa shape index (κ2) is 4.13. The van der Waals surface area contributed by atoms with Crippen LogP contribution in [0.25, 0.3) is 5.69 Å². The van der Waals surface area contributed by atoms with Crippen LogP contribution in [0, 0.1) is 5.41 Å². The third-order valence-electron chi connectivity index (χ3n) is 2.25. The predicted molar refractivity (Wildman–Crippen MR) is 57.4 cm³/mol. The zero-order chi connectivity index (χ0) is 13.3. The largest absolute Gasteiger partial charge is 0.419 e. The van der Waals surface area contributed by atoms with Crippen LogP contribution >= 0.6 is 0 Å². The number of hydrogen-bond donors (Lipinski definition) is 2. The Morgan fingerprint density at radius 1 is 1.33 bits per heavy atom. The fraction of sp³-hybridized carbons (Fsp3) is 0.100. The number of nitrogens with zero attached hydrogens (tertiary/aromatic N) is 3. The Hall–Kier alpha value is -2.38. The van der Waals surface area contributed by atoms with Gasteiger partial charge in [0, 0.05) is 18.0 Å². The molecule has 0 bridgehead atoms. The van der Waals surface area contributed by atoms with Crippen molar-refractivity contribution in [1.29, 1.82) is 5.41 Å². The van der Waals surface area contributed by atoms with E-state index in [1.807, 2.05) is 0 Å². The average Bonchev–Trinajstić information content (AvgIpc) is 2.77. The second-order valence-corrected chi connectivity index (χ2v) is 3.48. The van der Waals surface area contributed by atoms with E-state index in [1.54, 1.807) is 0 Å². The van der Waals surface area contributed by atoms with E-state index < -0.39 is 11.7 Å². The summed E-state index contributed by atoms with van der Waals surface area (Å²) in [6.45, 7) is 0. The summed E-state index contributed by atoms with van der Waals surface area (Å²) < 4.78 is 38.3. The van der Waals surface area contributed by atoms with E-state index in [0.717, 1.165) is 10.9 Å². The van der Waals surface area contributed by atoms with E-state index in [9.17, 15) is 13.2 Å². The Labute approximate surface area is 99.6 Å². The average molecular weight is 255 g/mol. The minimum atomic E-state index is -4.46. The van der Waals surface area contributed by atoms with Crippen LogP contribution < -0.4 is 5.73 Å². The summed E-state index contributed by atoms with van der Waals surface area (Å²) in [6.07, 6.45) is -0.241. The van der Waals surface area contributed by atoms with Gasteiger partial charge in [0.05, 0.1) is 23.6 Å². The van der Waals surface area contributed by atoms with Crippen molar-refractivity contribution >= 4 is 5.84 Å². The first-order chi connectivity index (χ1) is 8.39. The molecule has 0 saturated heterocycles. The fourth-order valence-corrected chi connectivity index (χ4v) is 1.40. The molecule has 0 radical (unpaired) electrons. The highest BCUT2D eigenvalue weighted by Gasteiger charge is 2.32. The zero-order valence-corrected chi connectivity index (χ0v) is 8.94. The van der Waals surface area contributed by atoms with Crippen LogP contribution in [0.4, 0.5) is 13.2 Å². The van der Waals surface area contributed by atoms with Gasteiger partial charge in [-0.25, -0.2) is 4.68 Å². The number of amidine groups is 1. The van der Waals surface area contributed by atoms with E-state index in [1.165, 1.54) is 18.5 Å². The molecule has 0 fully saturated rings. The van der Waals surface area contributed by atoms with Crippen LogP contribution in [0.3, 0.4) is 0 Å². The summed E-state index contributed by atoms with van der Waals surface area (Å²) in [6, 6.07) is 1.44. The molecule has 2 heterocycles. The summed E-state index contributed by atoms with van der Waals surface area (Å²) in [7, 11) is 0. The van der Waals surface area contributed by atoms with Gasteiger partial charge in [0.1, 0.15) is 5.84 Å². The Morgan fingerprint density at radius 3 is 2.61 bits per heavy atom. The molecule has 0 aliphatic heterocycles. The van der Waals surface area contributed by atoms with Crippen molar-refractivity contribution in [2.24, 2.45) is 5.73 Å². The number of nitrogen functional groups attached to an aromatic ring is 1. The van der Waals surface area contributed by atoms with Crippen molar-refractivity contribution < 1.29 is 13.2 Å². The van der Waals surface area contributed by atoms with Crippen molar-refractivity contribution in [1.82, 2.24) is 14.8 Å². The van der Waals surface area contributed by atoms with Crippen LogP contribution in [0.1, 0.15) is 11.1 Å². The van der Waals surface area contributed by atoms with Gasteiger partial charge in [-0.3, -0.25) is 10.4 Å². The number of alkyl halides is 3. The quantitative estimate of drug-likeness (QED) is 0.631. The first-order valence-corrected chi connectivity index (χ1v) is 4.80. The maximum absolute atomic E-state index is 12.4. The standard InChI is InChI=1S/C10H8F3N5/c11-10(12,13)6-3-17-18(5-6)8-4-16-2-1-7(8)9(14)15/h1-5H,(H3,14,15). The normalized spacial score (nSPS) is 11.5. The molecule has 0 aliphatic rings. The maximum Gasteiger partial charge on any atom is 0.419 e. The highest BCUT2D eigenvalue weighted by Crippen LogP contribution is 2.29. The van der Waals surface area contributed by atoms with Gasteiger partial charge in [-0.15, -0.1) is 0 Å². The molecule has 0 amide bonds. The number of hydrogen-bond acceptors (Lipinski definition) is 3. The van der Waals surface area contributed by atoms with Crippen molar-refractivity contribution in [2.75, 3.05) is 0 Å². The molecule has 0 unspecified atom stereocenters. The molecule has 8 heteroatoms. The summed E-state index contributed by atoms with van der Waals surface area (Å²) in [5.74, 6) is -0.267. The molecule has 0 aromatic carbocycles. The van der Waals surface area contributed by atoms with Gasteiger partial charge in [-0.1, -0.05) is 0 Å². The Bertz CT molecular complexity index is 587. The lowest BCUT2D eigenvalue weighted by Crippen LogP contribution is -2.15. The van der Waals surface area contributed by atoms with Crippen LogP contribution in [0.15, 0.2) is 30.9 Å². The lowest BCUT2D eigenvalue weighted by molar-refractivity contribution is -0.137. The molecule has 0 aliphatic carbocycles. The SMILES string of the molecule is N=C(N)c1ccncc1-n1cc(C(F)(F)F)cn1. The van der Waals surface area contributed by atoms with Gasteiger partial charge < -0.3 is 5.73 Å². The fourth-order valence-electron chi connectivity index (χ4n) is 1.40. The highest BCUT2D eigenvalue weighted by molar-refractivity contribution is 5.98. The molecule has 0 atom stereocenters. The third-order valence-corrected chi connectivity index (χ3v) is 2.25. The van der Waals surface area contributed by atoms with Gasteiger partial charge in [0.25, 0.3) is 0 Å². The van der Waals surface area contributed by atoms with Crippen LogP contribution in [-0.4, -0.2) is 20.6 Å². The number of nitrogens with two attached hydrogens (primary N) is 1. The predicted octanol–water partition coefficient (Wildman–Crippen LogP) is 1.57. The number of rotatable bonds is 2. The topological polar surface area (TPSA) is 80.6 Å². The number of halogens is 3. The summed E-state index contributed by atoms with van der Waals surface area (Å²) >= 11 is 0. The van der Waals surface area contributed by atoms with Gasteiger partial charge in [-0.2, -0.15) is 18.3 Å². The maximum atomic E-state index is 12.4. The molecule has 3 N–H and O–H groups in total. The summed E-state index contributed by atoms with van der Waals surface area (Å²) in [5.41, 5.74) is 4.95. The Morgan fingerprint density at radius 2 is 2.06 bits per heavy atom. The van der Waals surface area contributed by atoms with E-state index >= 15 is 0 Å². The van der Waals surface area contributed by atoms with Gasteiger partial charge in [0.15, 0.2) is 0 Å². The minimum Gasteiger partial charge on any atom is -0.384 e. The number of pyridine rings is 1. The molecule has 18 heavy (non-hydrogen) atoms. The van der Waals surface area contributed by atoms with Crippen molar-refractivity contribution in [3.8, 4) is 5.69 Å². The lowest BCUT2D eigenvalue weighted by atomic mass is 10.2. The van der Waals surface area contributed by atoms with Gasteiger partial charge in [-0.05, 0) is 6.07 Å². The molecule has 0 spiro atoms. The number of nitrogens with one attached hydrogen (secondary N) is 1. The molecule has 2 rings (SSSR count). The first kappa shape index (κ1) is 12.1. The second-order valence-electron chi connectivity index (χ2n) is 3.48. The smallest absolute Gasteiger partial charge is 0.384 e. The lowest BCUT2D eigenvalue weighted by Gasteiger charge is -2.07.